The van der Waals surface area contributed by atoms with Gasteiger partial charge in [0, 0.05) is 18.8 Å². The predicted octanol–water partition coefficient (Wildman–Crippen LogP) is 3.02. The van der Waals surface area contributed by atoms with Gasteiger partial charge in [-0.3, -0.25) is 5.32 Å². The van der Waals surface area contributed by atoms with Crippen LogP contribution >= 0.6 is 11.3 Å². The maximum Gasteiger partial charge on any atom is 0.321 e. The number of aromatic nitrogens is 2. The monoisotopic (exact) mass is 314 g/mol. The third kappa shape index (κ3) is 3.32. The molecule has 1 aromatic carbocycles. The van der Waals surface area contributed by atoms with Crippen molar-refractivity contribution in [2.75, 3.05) is 12.4 Å². The smallest absolute Gasteiger partial charge is 0.321 e. The van der Waals surface area contributed by atoms with E-state index in [0.29, 0.717) is 17.6 Å². The van der Waals surface area contributed by atoms with Crippen molar-refractivity contribution >= 4 is 32.7 Å². The third-order valence-electron chi connectivity index (χ3n) is 2.98. The van der Waals surface area contributed by atoms with Crippen molar-refractivity contribution in [3.63, 3.8) is 0 Å². The number of anilines is 1. The van der Waals surface area contributed by atoms with Gasteiger partial charge in [-0.05, 0) is 23.8 Å². The van der Waals surface area contributed by atoms with Crippen molar-refractivity contribution in [1.29, 1.82) is 0 Å². The summed E-state index contributed by atoms with van der Waals surface area (Å²) >= 11 is 1.44. The summed E-state index contributed by atoms with van der Waals surface area (Å²) in [5.74, 6) is 0.519. The van der Waals surface area contributed by atoms with E-state index in [9.17, 15) is 4.79 Å². The molecule has 0 spiro atoms. The number of amides is 2. The summed E-state index contributed by atoms with van der Waals surface area (Å²) in [7, 11) is 1.55. The molecule has 6 nitrogen and oxygen atoms in total. The summed E-state index contributed by atoms with van der Waals surface area (Å²) in [4.78, 5) is 20.3. The second-order valence-electron chi connectivity index (χ2n) is 4.50. The summed E-state index contributed by atoms with van der Waals surface area (Å²) in [6.07, 6.45) is 1.64. The SMILES string of the molecule is COc1cc(CNC(=O)Nc2nc3ccccc3s2)ccn1. The molecule has 2 N–H and O–H groups in total. The molecule has 22 heavy (non-hydrogen) atoms. The number of hydrogen-bond donors (Lipinski definition) is 2. The molecule has 0 atom stereocenters. The summed E-state index contributed by atoms with van der Waals surface area (Å²) in [5.41, 5.74) is 1.79. The number of fused-ring (bicyclic) bond motifs is 1. The number of carbonyl (C=O) groups is 1. The van der Waals surface area contributed by atoms with Gasteiger partial charge in [-0.1, -0.05) is 23.5 Å². The van der Waals surface area contributed by atoms with Crippen LogP contribution in [0.15, 0.2) is 42.6 Å². The highest BCUT2D eigenvalue weighted by Gasteiger charge is 2.07. The average molecular weight is 314 g/mol. The number of ether oxygens (including phenoxy) is 1. The largest absolute Gasteiger partial charge is 0.481 e. The molecule has 0 radical (unpaired) electrons. The van der Waals surface area contributed by atoms with E-state index >= 15 is 0 Å². The fourth-order valence-electron chi connectivity index (χ4n) is 1.92. The highest BCUT2D eigenvalue weighted by Crippen LogP contribution is 2.25. The van der Waals surface area contributed by atoms with Crippen LogP contribution in [0.25, 0.3) is 10.2 Å². The van der Waals surface area contributed by atoms with Gasteiger partial charge in [0.2, 0.25) is 5.88 Å². The fraction of sp³-hybridized carbons (Fsp3) is 0.133. The number of pyridine rings is 1. The number of urea groups is 1. The standard InChI is InChI=1S/C15H14N4O2S/c1-21-13-8-10(6-7-16-13)9-17-14(20)19-15-18-11-4-2-3-5-12(11)22-15/h2-8H,9H2,1H3,(H2,17,18,19,20). The zero-order valence-electron chi connectivity index (χ0n) is 11.9. The van der Waals surface area contributed by atoms with E-state index in [-0.39, 0.29) is 6.03 Å². The summed E-state index contributed by atoms with van der Waals surface area (Å²) in [6.45, 7) is 0.385. The van der Waals surface area contributed by atoms with Crippen LogP contribution in [0.5, 0.6) is 5.88 Å². The van der Waals surface area contributed by atoms with Crippen LogP contribution in [-0.4, -0.2) is 23.1 Å². The van der Waals surface area contributed by atoms with Crippen LogP contribution in [-0.2, 0) is 6.54 Å². The molecule has 0 fully saturated rings. The van der Waals surface area contributed by atoms with Crippen LogP contribution < -0.4 is 15.4 Å². The van der Waals surface area contributed by atoms with Crippen LogP contribution in [0.3, 0.4) is 0 Å². The number of rotatable bonds is 4. The number of benzene rings is 1. The van der Waals surface area contributed by atoms with E-state index in [4.69, 9.17) is 4.74 Å². The Hall–Kier alpha value is -2.67. The molecule has 0 aliphatic rings. The lowest BCUT2D eigenvalue weighted by molar-refractivity contribution is 0.251. The normalized spacial score (nSPS) is 10.4. The number of hydrogen-bond acceptors (Lipinski definition) is 5. The number of methoxy groups -OCH3 is 1. The van der Waals surface area contributed by atoms with Gasteiger partial charge in [-0.15, -0.1) is 0 Å². The summed E-state index contributed by atoms with van der Waals surface area (Å²) < 4.78 is 6.08. The minimum Gasteiger partial charge on any atom is -0.481 e. The average Bonchev–Trinajstić information content (AvgIpc) is 2.95. The van der Waals surface area contributed by atoms with E-state index < -0.39 is 0 Å². The Morgan fingerprint density at radius 2 is 2.18 bits per heavy atom. The molecule has 0 saturated heterocycles. The fourth-order valence-corrected chi connectivity index (χ4v) is 2.78. The zero-order chi connectivity index (χ0) is 15.4. The molecule has 0 aliphatic carbocycles. The van der Waals surface area contributed by atoms with E-state index in [1.165, 1.54) is 11.3 Å². The van der Waals surface area contributed by atoms with Crippen molar-refractivity contribution < 1.29 is 9.53 Å². The number of para-hydroxylation sites is 1. The number of nitrogens with one attached hydrogen (secondary N) is 2. The van der Waals surface area contributed by atoms with Gasteiger partial charge < -0.3 is 10.1 Å². The molecular weight excluding hydrogens is 300 g/mol. The lowest BCUT2D eigenvalue weighted by Crippen LogP contribution is -2.28. The number of nitrogens with zero attached hydrogens (tertiary/aromatic N) is 2. The van der Waals surface area contributed by atoms with Crippen molar-refractivity contribution in [3.8, 4) is 5.88 Å². The molecule has 112 valence electrons. The van der Waals surface area contributed by atoms with Crippen molar-refractivity contribution in [2.24, 2.45) is 0 Å². The van der Waals surface area contributed by atoms with E-state index in [2.05, 4.69) is 20.6 Å². The molecule has 2 amide bonds. The topological polar surface area (TPSA) is 76.1 Å². The number of carbonyl (C=O) groups excluding carboxylic acids is 1. The van der Waals surface area contributed by atoms with Crippen LogP contribution in [0.4, 0.5) is 9.93 Å². The molecule has 3 rings (SSSR count). The molecule has 7 heteroatoms. The van der Waals surface area contributed by atoms with Crippen LogP contribution in [0.2, 0.25) is 0 Å². The Bertz CT molecular complexity index is 770. The Labute approximate surface area is 131 Å². The molecule has 0 unspecified atom stereocenters. The molecule has 2 heterocycles. The minimum absolute atomic E-state index is 0.296. The van der Waals surface area contributed by atoms with Crippen LogP contribution in [0, 0.1) is 0 Å². The van der Waals surface area contributed by atoms with Crippen molar-refractivity contribution in [1.82, 2.24) is 15.3 Å². The maximum absolute atomic E-state index is 11.9. The van der Waals surface area contributed by atoms with E-state index in [1.54, 1.807) is 19.4 Å². The molecule has 0 bridgehead atoms. The molecule has 3 aromatic rings. The maximum atomic E-state index is 11.9. The predicted molar refractivity (Wildman–Crippen MR) is 86.3 cm³/mol. The highest BCUT2D eigenvalue weighted by atomic mass is 32.1. The van der Waals surface area contributed by atoms with Gasteiger partial charge >= 0.3 is 6.03 Å². The lowest BCUT2D eigenvalue weighted by atomic mass is 10.2. The molecule has 2 aromatic heterocycles. The Kier molecular flexibility index (Phi) is 4.15. The first-order valence-electron chi connectivity index (χ1n) is 6.64. The first kappa shape index (κ1) is 14.3. The first-order chi connectivity index (χ1) is 10.7. The van der Waals surface area contributed by atoms with E-state index in [0.717, 1.165) is 15.8 Å². The Balaban J connectivity index is 1.60. The van der Waals surface area contributed by atoms with Gasteiger partial charge in [-0.25, -0.2) is 14.8 Å². The van der Waals surface area contributed by atoms with Gasteiger partial charge in [0.25, 0.3) is 0 Å². The van der Waals surface area contributed by atoms with Crippen molar-refractivity contribution in [2.45, 2.75) is 6.54 Å². The molecule has 0 saturated carbocycles. The van der Waals surface area contributed by atoms with Crippen molar-refractivity contribution in [3.05, 3.63) is 48.2 Å². The Morgan fingerprint density at radius 1 is 1.32 bits per heavy atom. The van der Waals surface area contributed by atoms with E-state index in [1.807, 2.05) is 30.3 Å². The Morgan fingerprint density at radius 3 is 3.00 bits per heavy atom. The molecule has 0 aliphatic heterocycles. The summed E-state index contributed by atoms with van der Waals surface area (Å²) in [6, 6.07) is 11.1. The summed E-state index contributed by atoms with van der Waals surface area (Å²) in [5, 5.41) is 6.09. The quantitative estimate of drug-likeness (QED) is 0.776. The highest BCUT2D eigenvalue weighted by molar-refractivity contribution is 7.22. The zero-order valence-corrected chi connectivity index (χ0v) is 12.7. The van der Waals surface area contributed by atoms with Gasteiger partial charge in [0.1, 0.15) is 0 Å². The van der Waals surface area contributed by atoms with Gasteiger partial charge in [-0.2, -0.15) is 0 Å². The third-order valence-corrected chi connectivity index (χ3v) is 3.93. The van der Waals surface area contributed by atoms with Gasteiger partial charge in [0.05, 0.1) is 17.3 Å². The minimum atomic E-state index is -0.296. The second-order valence-corrected chi connectivity index (χ2v) is 5.53. The van der Waals surface area contributed by atoms with Gasteiger partial charge in [0.15, 0.2) is 5.13 Å². The lowest BCUT2D eigenvalue weighted by Gasteiger charge is -2.06. The second kappa shape index (κ2) is 6.40. The molecular formula is C15H14N4O2S. The van der Waals surface area contributed by atoms with Crippen LogP contribution in [0.1, 0.15) is 5.56 Å². The number of thiazole rings is 1. The first-order valence-corrected chi connectivity index (χ1v) is 7.45.